The van der Waals surface area contributed by atoms with E-state index in [0.29, 0.717) is 5.82 Å². The number of aromatic nitrogens is 2. The van der Waals surface area contributed by atoms with Crippen LogP contribution in [0.2, 0.25) is 0 Å². The summed E-state index contributed by atoms with van der Waals surface area (Å²) in [5.41, 5.74) is 7.80. The zero-order chi connectivity index (χ0) is 17.4. The monoisotopic (exact) mass is 376 g/mol. The summed E-state index contributed by atoms with van der Waals surface area (Å²) in [6.45, 7) is 4.72. The first-order valence-electron chi connectivity index (χ1n) is 9.53. The molecule has 0 aromatic carbocycles. The molecule has 6 heteroatoms. The lowest BCUT2D eigenvalue weighted by Gasteiger charge is -2.29. The predicted molar refractivity (Wildman–Crippen MR) is 109 cm³/mol. The lowest BCUT2D eigenvalue weighted by molar-refractivity contribution is 0.224. The molecule has 2 unspecified atom stereocenters. The zero-order valence-electron chi connectivity index (χ0n) is 15.3. The van der Waals surface area contributed by atoms with Gasteiger partial charge in [-0.3, -0.25) is 0 Å². The van der Waals surface area contributed by atoms with Crippen molar-refractivity contribution in [2.75, 3.05) is 31.6 Å². The van der Waals surface area contributed by atoms with E-state index >= 15 is 0 Å². The van der Waals surface area contributed by atoms with Crippen LogP contribution in [0, 0.1) is 11.8 Å². The first-order chi connectivity index (χ1) is 12.1. The third-order valence-electron chi connectivity index (χ3n) is 5.77. The highest BCUT2D eigenvalue weighted by molar-refractivity contribution is 7.99. The number of nitrogen functional groups attached to an aromatic ring is 1. The number of thiophene rings is 1. The molecule has 0 amide bonds. The van der Waals surface area contributed by atoms with Gasteiger partial charge in [0, 0.05) is 17.2 Å². The highest BCUT2D eigenvalue weighted by atomic mass is 32.2. The molecular formula is C19H28N4S2. The third-order valence-corrected chi connectivity index (χ3v) is 7.99. The Morgan fingerprint density at radius 2 is 2.16 bits per heavy atom. The number of fused-ring (bicyclic) bond motifs is 3. The van der Waals surface area contributed by atoms with Gasteiger partial charge in [0.05, 0.1) is 5.39 Å². The fraction of sp³-hybridized carbons (Fsp3) is 0.684. The fourth-order valence-corrected chi connectivity index (χ4v) is 6.64. The number of anilines is 1. The fourth-order valence-electron chi connectivity index (χ4n) is 4.27. The second-order valence-electron chi connectivity index (χ2n) is 7.67. The summed E-state index contributed by atoms with van der Waals surface area (Å²) >= 11 is 3.64. The number of hydrogen-bond donors (Lipinski definition) is 1. The van der Waals surface area contributed by atoms with E-state index in [0.717, 1.165) is 39.4 Å². The number of hydrogen-bond acceptors (Lipinski definition) is 6. The van der Waals surface area contributed by atoms with E-state index in [-0.39, 0.29) is 0 Å². The van der Waals surface area contributed by atoms with Gasteiger partial charge < -0.3 is 10.6 Å². The molecule has 4 nitrogen and oxygen atoms in total. The first kappa shape index (κ1) is 17.6. The molecule has 2 aromatic rings. The summed E-state index contributed by atoms with van der Waals surface area (Å²) in [5, 5.41) is 2.01. The minimum atomic E-state index is 0.695. The largest absolute Gasteiger partial charge is 0.383 e. The van der Waals surface area contributed by atoms with E-state index in [4.69, 9.17) is 10.7 Å². The highest BCUT2D eigenvalue weighted by Gasteiger charge is 2.25. The highest BCUT2D eigenvalue weighted by Crippen LogP contribution is 2.40. The molecule has 1 saturated heterocycles. The van der Waals surface area contributed by atoms with Crippen LogP contribution in [0.25, 0.3) is 10.2 Å². The maximum Gasteiger partial charge on any atom is 0.190 e. The number of nitrogens with zero attached hydrogens (tertiary/aromatic N) is 3. The number of thioether (sulfide) groups is 1. The van der Waals surface area contributed by atoms with Crippen molar-refractivity contribution in [1.82, 2.24) is 14.9 Å². The molecule has 0 spiro atoms. The molecule has 4 rings (SSSR count). The Kier molecular flexibility index (Phi) is 5.20. The second-order valence-corrected chi connectivity index (χ2v) is 9.74. The molecule has 2 N–H and O–H groups in total. The molecule has 2 aliphatic rings. The summed E-state index contributed by atoms with van der Waals surface area (Å²) in [7, 11) is 2.22. The quantitative estimate of drug-likeness (QED) is 0.639. The van der Waals surface area contributed by atoms with Gasteiger partial charge in [-0.1, -0.05) is 25.1 Å². The average molecular weight is 377 g/mol. The molecule has 2 aromatic heterocycles. The summed E-state index contributed by atoms with van der Waals surface area (Å²) < 4.78 is 0. The van der Waals surface area contributed by atoms with Crippen LogP contribution in [-0.2, 0) is 12.8 Å². The standard InChI is InChI=1S/C19H28N4S2/c1-3-12-6-7-14-15(9-12)25-18-16(14)17(20)21-19(22-18)24-11-13-5-4-8-23(2)10-13/h12-13H,3-11H2,1-2H3,(H2,20,21,22). The Labute approximate surface area is 158 Å². The van der Waals surface area contributed by atoms with Gasteiger partial charge in [0.25, 0.3) is 0 Å². The molecule has 1 fully saturated rings. The van der Waals surface area contributed by atoms with Gasteiger partial charge in [-0.05, 0) is 63.1 Å². The number of likely N-dealkylation sites (tertiary alicyclic amines) is 1. The van der Waals surface area contributed by atoms with Crippen LogP contribution in [0.5, 0.6) is 0 Å². The smallest absolute Gasteiger partial charge is 0.190 e. The molecule has 136 valence electrons. The number of piperidine rings is 1. The van der Waals surface area contributed by atoms with Crippen LogP contribution >= 0.6 is 23.1 Å². The van der Waals surface area contributed by atoms with Crippen LogP contribution in [0.3, 0.4) is 0 Å². The van der Waals surface area contributed by atoms with Crippen molar-refractivity contribution in [2.45, 2.75) is 50.6 Å². The van der Waals surface area contributed by atoms with Gasteiger partial charge in [-0.15, -0.1) is 11.3 Å². The van der Waals surface area contributed by atoms with Crippen LogP contribution in [0.4, 0.5) is 5.82 Å². The van der Waals surface area contributed by atoms with E-state index in [1.807, 2.05) is 11.3 Å². The maximum absolute atomic E-state index is 6.36. The Morgan fingerprint density at radius 1 is 1.28 bits per heavy atom. The topological polar surface area (TPSA) is 55.0 Å². The minimum absolute atomic E-state index is 0.695. The Morgan fingerprint density at radius 3 is 2.96 bits per heavy atom. The molecule has 3 heterocycles. The van der Waals surface area contributed by atoms with Gasteiger partial charge in [0.1, 0.15) is 10.6 Å². The van der Waals surface area contributed by atoms with E-state index in [1.165, 1.54) is 55.6 Å². The van der Waals surface area contributed by atoms with Crippen molar-refractivity contribution in [1.29, 1.82) is 0 Å². The van der Waals surface area contributed by atoms with E-state index < -0.39 is 0 Å². The van der Waals surface area contributed by atoms with Crippen molar-refractivity contribution in [3.8, 4) is 0 Å². The Bertz CT molecular complexity index is 757. The predicted octanol–water partition coefficient (Wildman–Crippen LogP) is 4.22. The van der Waals surface area contributed by atoms with E-state index in [9.17, 15) is 0 Å². The summed E-state index contributed by atoms with van der Waals surface area (Å²) in [6, 6.07) is 0. The molecular weight excluding hydrogens is 348 g/mol. The minimum Gasteiger partial charge on any atom is -0.383 e. The Balaban J connectivity index is 1.53. The molecule has 1 aliphatic heterocycles. The van der Waals surface area contributed by atoms with E-state index in [2.05, 4.69) is 23.9 Å². The summed E-state index contributed by atoms with van der Waals surface area (Å²) in [4.78, 5) is 14.6. The lowest BCUT2D eigenvalue weighted by atomic mass is 9.86. The average Bonchev–Trinajstić information content (AvgIpc) is 2.97. The normalized spacial score (nSPS) is 24.6. The van der Waals surface area contributed by atoms with Crippen molar-refractivity contribution in [3.05, 3.63) is 10.4 Å². The summed E-state index contributed by atoms with van der Waals surface area (Å²) in [6.07, 6.45) is 7.51. The molecule has 0 bridgehead atoms. The summed E-state index contributed by atoms with van der Waals surface area (Å²) in [5.74, 6) is 3.36. The van der Waals surface area contributed by atoms with E-state index in [1.54, 1.807) is 11.8 Å². The van der Waals surface area contributed by atoms with Crippen molar-refractivity contribution in [2.24, 2.45) is 11.8 Å². The van der Waals surface area contributed by atoms with Gasteiger partial charge >= 0.3 is 0 Å². The molecule has 0 radical (unpaired) electrons. The molecule has 0 saturated carbocycles. The second kappa shape index (κ2) is 7.41. The zero-order valence-corrected chi connectivity index (χ0v) is 16.9. The van der Waals surface area contributed by atoms with Gasteiger partial charge in [-0.25, -0.2) is 9.97 Å². The van der Waals surface area contributed by atoms with Gasteiger partial charge in [0.2, 0.25) is 0 Å². The van der Waals surface area contributed by atoms with Crippen LogP contribution in [0.1, 0.15) is 43.0 Å². The molecule has 2 atom stereocenters. The van der Waals surface area contributed by atoms with Crippen LogP contribution in [0.15, 0.2) is 5.16 Å². The third kappa shape index (κ3) is 3.67. The molecule has 1 aliphatic carbocycles. The van der Waals surface area contributed by atoms with Crippen molar-refractivity contribution in [3.63, 3.8) is 0 Å². The SMILES string of the molecule is CCC1CCc2c(sc3nc(SCC4CCCN(C)C4)nc(N)c23)C1. The van der Waals surface area contributed by atoms with Gasteiger partial charge in [-0.2, -0.15) is 0 Å². The molecule has 25 heavy (non-hydrogen) atoms. The number of aryl methyl sites for hydroxylation is 1. The Hall–Kier alpha value is -0.850. The number of nitrogens with two attached hydrogens (primary N) is 1. The van der Waals surface area contributed by atoms with Crippen molar-refractivity contribution < 1.29 is 0 Å². The van der Waals surface area contributed by atoms with Crippen molar-refractivity contribution >= 4 is 39.1 Å². The number of rotatable bonds is 4. The lowest BCUT2D eigenvalue weighted by Crippen LogP contribution is -2.33. The van der Waals surface area contributed by atoms with Crippen LogP contribution < -0.4 is 5.73 Å². The first-order valence-corrected chi connectivity index (χ1v) is 11.3. The maximum atomic E-state index is 6.36. The van der Waals surface area contributed by atoms with Gasteiger partial charge in [0.15, 0.2) is 5.16 Å². The van der Waals surface area contributed by atoms with Crippen LogP contribution in [-0.4, -0.2) is 40.8 Å².